The fourth-order valence-electron chi connectivity index (χ4n) is 3.04. The summed E-state index contributed by atoms with van der Waals surface area (Å²) in [6.45, 7) is 16.0. The molecule has 0 amide bonds. The van der Waals surface area contributed by atoms with E-state index in [1.165, 1.54) is 0 Å². The third-order valence-corrected chi connectivity index (χ3v) is 5.19. The number of hydrogen-bond donors (Lipinski definition) is 2. The van der Waals surface area contributed by atoms with Crippen LogP contribution in [0.3, 0.4) is 0 Å². The number of aromatic hydroxyl groups is 2. The average molecular weight is 336 g/mol. The maximum atomic E-state index is 10.2. The molecule has 0 radical (unpaired) electrons. The van der Waals surface area contributed by atoms with Crippen LogP contribution in [0.5, 0.6) is 11.5 Å². The lowest BCUT2D eigenvalue weighted by molar-refractivity contribution is 0.465. The van der Waals surface area contributed by atoms with E-state index < -0.39 is 0 Å². The van der Waals surface area contributed by atoms with Crippen molar-refractivity contribution >= 4 is 0 Å². The molecule has 0 heterocycles. The molecule has 0 fully saturated rings. The van der Waals surface area contributed by atoms with Gasteiger partial charge in [-0.15, -0.1) is 13.2 Å². The van der Waals surface area contributed by atoms with Crippen molar-refractivity contribution in [1.29, 1.82) is 0 Å². The van der Waals surface area contributed by atoms with Gasteiger partial charge in [-0.2, -0.15) is 0 Å². The second kappa shape index (κ2) is 7.18. The molecule has 2 nitrogen and oxygen atoms in total. The Balaban J connectivity index is 2.55. The lowest BCUT2D eigenvalue weighted by Crippen LogP contribution is -2.19. The largest absolute Gasteiger partial charge is 0.508 e. The third-order valence-electron chi connectivity index (χ3n) is 5.19. The van der Waals surface area contributed by atoms with Gasteiger partial charge in [0, 0.05) is 28.4 Å². The molecule has 2 aromatic rings. The summed E-state index contributed by atoms with van der Waals surface area (Å²) in [5, 5.41) is 20.3. The predicted octanol–water partition coefficient (Wildman–Crippen LogP) is 6.00. The summed E-state index contributed by atoms with van der Waals surface area (Å²) >= 11 is 0. The Bertz CT molecular complexity index is 721. The molecule has 25 heavy (non-hydrogen) atoms. The van der Waals surface area contributed by atoms with Gasteiger partial charge in [0.1, 0.15) is 11.5 Å². The molecule has 0 aliphatic heterocycles. The van der Waals surface area contributed by atoms with Crippen LogP contribution >= 0.6 is 0 Å². The van der Waals surface area contributed by atoms with E-state index in [0.717, 1.165) is 22.3 Å². The van der Waals surface area contributed by atoms with Crippen molar-refractivity contribution < 1.29 is 10.2 Å². The van der Waals surface area contributed by atoms with Gasteiger partial charge in [0.15, 0.2) is 0 Å². The predicted molar refractivity (Wildman–Crippen MR) is 106 cm³/mol. The smallest absolute Gasteiger partial charge is 0.119 e. The van der Waals surface area contributed by atoms with Crippen molar-refractivity contribution in [2.24, 2.45) is 0 Å². The number of phenolic OH excluding ortho intramolecular Hbond substituents is 2. The van der Waals surface area contributed by atoms with Gasteiger partial charge < -0.3 is 10.2 Å². The third kappa shape index (κ3) is 3.63. The Morgan fingerprint density at radius 3 is 1.48 bits per heavy atom. The number of hydrogen-bond acceptors (Lipinski definition) is 2. The van der Waals surface area contributed by atoms with Crippen molar-refractivity contribution in [3.05, 3.63) is 84.0 Å². The molecule has 0 bridgehead atoms. The number of rotatable bonds is 6. The fraction of sp³-hybridized carbons (Fsp3) is 0.304. The van der Waals surface area contributed by atoms with E-state index >= 15 is 0 Å². The zero-order chi connectivity index (χ0) is 18.8. The second-order valence-electron chi connectivity index (χ2n) is 7.22. The van der Waals surface area contributed by atoms with E-state index in [0.29, 0.717) is 11.5 Å². The standard InChI is InChI=1S/C23H28O2/c1-7-15(3)19-13-17(9-11-21(19)24)23(5,6)18-10-12-22(25)20(14-18)16(4)8-2/h7-16,24-25H,1-2H2,3-6H3. The van der Waals surface area contributed by atoms with Crippen LogP contribution in [0.2, 0.25) is 0 Å². The average Bonchev–Trinajstić information content (AvgIpc) is 2.60. The number of benzene rings is 2. The van der Waals surface area contributed by atoms with E-state index in [1.807, 2.05) is 50.3 Å². The van der Waals surface area contributed by atoms with E-state index in [-0.39, 0.29) is 17.3 Å². The quantitative estimate of drug-likeness (QED) is 0.635. The topological polar surface area (TPSA) is 40.5 Å². The van der Waals surface area contributed by atoms with Crippen molar-refractivity contribution in [1.82, 2.24) is 0 Å². The molecule has 2 aromatic carbocycles. The molecule has 0 aliphatic rings. The zero-order valence-corrected chi connectivity index (χ0v) is 15.6. The molecule has 0 spiro atoms. The van der Waals surface area contributed by atoms with Crippen LogP contribution in [0.15, 0.2) is 61.7 Å². The van der Waals surface area contributed by atoms with E-state index in [4.69, 9.17) is 0 Å². The summed E-state index contributed by atoms with van der Waals surface area (Å²) in [7, 11) is 0. The first-order chi connectivity index (χ1) is 11.7. The summed E-state index contributed by atoms with van der Waals surface area (Å²) in [5.74, 6) is 0.732. The maximum absolute atomic E-state index is 10.2. The first kappa shape index (κ1) is 18.9. The van der Waals surface area contributed by atoms with Crippen LogP contribution in [-0.2, 0) is 5.41 Å². The summed E-state index contributed by atoms with van der Waals surface area (Å²) in [6, 6.07) is 11.5. The number of allylic oxidation sites excluding steroid dienone is 2. The second-order valence-corrected chi connectivity index (χ2v) is 7.22. The van der Waals surface area contributed by atoms with Gasteiger partial charge in [-0.25, -0.2) is 0 Å². The highest BCUT2D eigenvalue weighted by Crippen LogP contribution is 2.38. The molecule has 132 valence electrons. The Kier molecular flexibility index (Phi) is 5.42. The van der Waals surface area contributed by atoms with Gasteiger partial charge in [0.05, 0.1) is 0 Å². The number of phenols is 2. The molecule has 0 aliphatic carbocycles. The Morgan fingerprint density at radius 2 is 1.16 bits per heavy atom. The highest BCUT2D eigenvalue weighted by atomic mass is 16.3. The normalized spacial score (nSPS) is 13.9. The SMILES string of the molecule is C=CC(C)c1cc(C(C)(C)c2ccc(O)c(C(C)C=C)c2)ccc1O. The monoisotopic (exact) mass is 336 g/mol. The van der Waals surface area contributed by atoms with Crippen LogP contribution in [0, 0.1) is 0 Å². The van der Waals surface area contributed by atoms with Crippen molar-refractivity contribution in [3.8, 4) is 11.5 Å². The van der Waals surface area contributed by atoms with Crippen LogP contribution in [-0.4, -0.2) is 10.2 Å². The van der Waals surface area contributed by atoms with Gasteiger partial charge in [-0.3, -0.25) is 0 Å². The Morgan fingerprint density at radius 1 is 0.800 bits per heavy atom. The highest BCUT2D eigenvalue weighted by Gasteiger charge is 2.26. The van der Waals surface area contributed by atoms with Crippen molar-refractivity contribution in [3.63, 3.8) is 0 Å². The van der Waals surface area contributed by atoms with Crippen LogP contribution in [0.4, 0.5) is 0 Å². The van der Waals surface area contributed by atoms with E-state index in [9.17, 15) is 10.2 Å². The Hall–Kier alpha value is -2.48. The van der Waals surface area contributed by atoms with Crippen LogP contribution in [0.1, 0.15) is 61.8 Å². The van der Waals surface area contributed by atoms with Crippen LogP contribution in [0.25, 0.3) is 0 Å². The molecule has 0 saturated heterocycles. The molecular weight excluding hydrogens is 308 g/mol. The lowest BCUT2D eigenvalue weighted by atomic mass is 9.76. The molecule has 2 rings (SSSR count). The van der Waals surface area contributed by atoms with Gasteiger partial charge in [-0.05, 0) is 23.3 Å². The van der Waals surface area contributed by atoms with E-state index in [1.54, 1.807) is 12.1 Å². The lowest BCUT2D eigenvalue weighted by Gasteiger charge is -2.28. The summed E-state index contributed by atoms with van der Waals surface area (Å²) in [6.07, 6.45) is 3.66. The summed E-state index contributed by atoms with van der Waals surface area (Å²) in [5.41, 5.74) is 3.69. The minimum atomic E-state index is -0.271. The van der Waals surface area contributed by atoms with Crippen molar-refractivity contribution in [2.45, 2.75) is 44.9 Å². The van der Waals surface area contributed by atoms with Gasteiger partial charge >= 0.3 is 0 Å². The maximum Gasteiger partial charge on any atom is 0.119 e. The molecule has 2 heteroatoms. The zero-order valence-electron chi connectivity index (χ0n) is 15.6. The first-order valence-electron chi connectivity index (χ1n) is 8.64. The first-order valence-corrected chi connectivity index (χ1v) is 8.64. The van der Waals surface area contributed by atoms with Gasteiger partial charge in [0.25, 0.3) is 0 Å². The summed E-state index contributed by atoms with van der Waals surface area (Å²) < 4.78 is 0. The van der Waals surface area contributed by atoms with Gasteiger partial charge in [-0.1, -0.05) is 64.1 Å². The van der Waals surface area contributed by atoms with Crippen LogP contribution < -0.4 is 0 Å². The molecule has 2 unspecified atom stereocenters. The summed E-state index contributed by atoms with van der Waals surface area (Å²) in [4.78, 5) is 0. The highest BCUT2D eigenvalue weighted by molar-refractivity contribution is 5.49. The molecule has 2 atom stereocenters. The molecule has 0 aromatic heterocycles. The van der Waals surface area contributed by atoms with Gasteiger partial charge in [0.2, 0.25) is 0 Å². The minimum absolute atomic E-state index is 0.0758. The molecular formula is C23H28O2. The fourth-order valence-corrected chi connectivity index (χ4v) is 3.04. The Labute approximate surface area is 151 Å². The molecule has 0 saturated carbocycles. The van der Waals surface area contributed by atoms with Crippen molar-refractivity contribution in [2.75, 3.05) is 0 Å². The molecule has 2 N–H and O–H groups in total. The van der Waals surface area contributed by atoms with E-state index in [2.05, 4.69) is 27.0 Å². The minimum Gasteiger partial charge on any atom is -0.508 e.